The van der Waals surface area contributed by atoms with E-state index in [0.717, 1.165) is 0 Å². The number of rotatable bonds is 1. The summed E-state index contributed by atoms with van der Waals surface area (Å²) < 4.78 is 67.9. The van der Waals surface area contributed by atoms with Crippen molar-refractivity contribution >= 4 is 5.95 Å². The summed E-state index contributed by atoms with van der Waals surface area (Å²) in [6.07, 6.45) is 0. The Morgan fingerprint density at radius 3 is 1.39 bits per heavy atom. The van der Waals surface area contributed by atoms with Gasteiger partial charge in [0.25, 0.3) is 5.95 Å². The first-order chi connectivity index (χ1) is 7.43. The van der Waals surface area contributed by atoms with Crippen LogP contribution >= 0.6 is 0 Å². The molecular formula is CH4Cl2HgN6O8. The van der Waals surface area contributed by atoms with Crippen molar-refractivity contribution in [3.63, 3.8) is 0 Å². The van der Waals surface area contributed by atoms with Gasteiger partial charge in [-0.05, 0) is 5.21 Å². The zero-order chi connectivity index (χ0) is 14.1. The van der Waals surface area contributed by atoms with E-state index in [1.165, 1.54) is 0 Å². The third-order valence-corrected chi connectivity index (χ3v) is 0.474. The second-order valence-corrected chi connectivity index (χ2v) is 3.15. The summed E-state index contributed by atoms with van der Waals surface area (Å²) in [5, 5.41) is 12.3. The predicted molar refractivity (Wildman–Crippen MR) is 22.0 cm³/mol. The number of halogens is 2. The van der Waals surface area contributed by atoms with Crippen LogP contribution in [0.25, 0.3) is 0 Å². The summed E-state index contributed by atoms with van der Waals surface area (Å²) in [5.74, 6) is 5.15. The minimum absolute atomic E-state index is 0. The van der Waals surface area contributed by atoms with E-state index in [0.29, 0.717) is 5.95 Å². The van der Waals surface area contributed by atoms with Gasteiger partial charge in [-0.25, -0.2) is 43.1 Å². The predicted octanol–water partition coefficient (Wildman–Crippen LogP) is -11.0. The van der Waals surface area contributed by atoms with Gasteiger partial charge in [0, 0.05) is 0 Å². The van der Waals surface area contributed by atoms with E-state index in [2.05, 4.69) is 26.0 Å². The zero-order valence-electron chi connectivity index (χ0n) is 8.15. The molecule has 0 aromatic carbocycles. The van der Waals surface area contributed by atoms with Crippen LogP contribution in [0.15, 0.2) is 0 Å². The molecule has 0 radical (unpaired) electrons. The van der Waals surface area contributed by atoms with Crippen LogP contribution < -0.4 is 48.5 Å². The number of nitrogens with one attached hydrogen (secondary N) is 2. The van der Waals surface area contributed by atoms with Crippen molar-refractivity contribution in [3.8, 4) is 0 Å². The average molecular weight is 500 g/mol. The quantitative estimate of drug-likeness (QED) is 0.184. The molecule has 1 heterocycles. The van der Waals surface area contributed by atoms with E-state index >= 15 is 0 Å². The number of nitrogens with zero attached hydrogens (tertiary/aromatic N) is 3. The van der Waals surface area contributed by atoms with E-state index in [4.69, 9.17) is 43.1 Å². The largest absolute Gasteiger partial charge is 2.00 e. The van der Waals surface area contributed by atoms with Crippen LogP contribution in [0.2, 0.25) is 0 Å². The number of H-pyrrole nitrogens is 1. The zero-order valence-corrected chi connectivity index (χ0v) is 15.2. The Morgan fingerprint density at radius 2 is 1.28 bits per heavy atom. The molecule has 0 bridgehead atoms. The van der Waals surface area contributed by atoms with Crippen LogP contribution in [0.5, 0.6) is 0 Å². The summed E-state index contributed by atoms with van der Waals surface area (Å²) in [4.78, 5) is 0. The molecule has 0 atom stereocenters. The third-order valence-electron chi connectivity index (χ3n) is 0.474. The fourth-order valence-electron chi connectivity index (χ4n) is 0.223. The van der Waals surface area contributed by atoms with Crippen LogP contribution in [0, 0.1) is 20.5 Å². The van der Waals surface area contributed by atoms with E-state index in [-0.39, 0.29) is 27.7 Å². The topological polar surface area (TPSA) is 277 Å². The van der Waals surface area contributed by atoms with Crippen molar-refractivity contribution in [1.29, 1.82) is 0 Å². The maximum Gasteiger partial charge on any atom is 2.00 e. The second-order valence-electron chi connectivity index (χ2n) is 1.64. The number of anilines is 1. The smallest absolute Gasteiger partial charge is 0.290 e. The van der Waals surface area contributed by atoms with E-state index < -0.39 is 20.5 Å². The van der Waals surface area contributed by atoms with Crippen molar-refractivity contribution in [3.05, 3.63) is 0 Å². The van der Waals surface area contributed by atoms with E-state index in [1.807, 2.05) is 0 Å². The van der Waals surface area contributed by atoms with E-state index in [1.54, 1.807) is 0 Å². The Labute approximate surface area is 123 Å². The molecule has 0 spiro atoms. The molecule has 0 fully saturated rings. The van der Waals surface area contributed by atoms with Crippen LogP contribution in [-0.4, -0.2) is 20.6 Å². The summed E-state index contributed by atoms with van der Waals surface area (Å²) >= 11 is 0. The number of hydrogen-bond acceptors (Lipinski definition) is 13. The molecule has 1 aromatic rings. The van der Waals surface area contributed by atoms with Crippen molar-refractivity contribution in [2.24, 2.45) is 5.84 Å². The summed E-state index contributed by atoms with van der Waals surface area (Å²) in [6.45, 7) is 0. The number of hydrazine groups is 1. The Balaban J connectivity index is -0.000000188. The van der Waals surface area contributed by atoms with Crippen molar-refractivity contribution in [2.45, 2.75) is 0 Å². The molecule has 0 unspecified atom stereocenters. The standard InChI is InChI=1S/CH4N6.2ClHO4.Hg/c2-3-1-4-6-7-5-1;2*2-1(3,4)5;/h2H2,(H2,3,4,5,6,7);2*(H,2,3,4,5);/q;;;+2/p-2. The summed E-state index contributed by atoms with van der Waals surface area (Å²) in [5.41, 5.74) is 2.19. The van der Waals surface area contributed by atoms with Crippen LogP contribution in [0.4, 0.5) is 5.95 Å². The fraction of sp³-hybridized carbons (Fsp3) is 0. The van der Waals surface area contributed by atoms with Crippen LogP contribution in [-0.2, 0) is 27.7 Å². The molecule has 1 rings (SSSR count). The number of tetrazole rings is 1. The molecule has 0 saturated heterocycles. The number of nitrogens with two attached hydrogens (primary N) is 1. The second kappa shape index (κ2) is 10.9. The number of nitrogen functional groups attached to an aromatic ring is 1. The monoisotopic (exact) mass is 500 g/mol. The number of aromatic amines is 1. The molecular weight excluding hydrogens is 496 g/mol. The van der Waals surface area contributed by atoms with Gasteiger partial charge in [-0.3, -0.25) is 5.43 Å². The van der Waals surface area contributed by atoms with Crippen molar-refractivity contribution in [2.75, 3.05) is 5.43 Å². The number of hydrogen-bond donors (Lipinski definition) is 3. The van der Waals surface area contributed by atoms with Gasteiger partial charge >= 0.3 is 27.7 Å². The SMILES string of the molecule is NNc1nn[nH]n1.[Hg+2].[O-][Cl+3]([O-])([O-])[O-].[O-][Cl+3]([O-])([O-])[O-]. The van der Waals surface area contributed by atoms with E-state index in [9.17, 15) is 0 Å². The van der Waals surface area contributed by atoms with Gasteiger partial charge in [-0.15, -0.1) is 25.6 Å². The first kappa shape index (κ1) is 23.1. The summed E-state index contributed by atoms with van der Waals surface area (Å²) in [6, 6.07) is 0. The maximum absolute atomic E-state index is 8.49. The van der Waals surface area contributed by atoms with Crippen molar-refractivity contribution in [1.82, 2.24) is 20.6 Å². The van der Waals surface area contributed by atoms with Gasteiger partial charge in [0.2, 0.25) is 0 Å². The molecule has 102 valence electrons. The molecule has 0 aliphatic rings. The Morgan fingerprint density at radius 1 is 0.944 bits per heavy atom. The molecule has 0 amide bonds. The molecule has 0 saturated carbocycles. The van der Waals surface area contributed by atoms with Gasteiger partial charge in [0.05, 0.1) is 0 Å². The third kappa shape index (κ3) is 44.4. The normalized spacial score (nSPS) is 10.1. The van der Waals surface area contributed by atoms with Gasteiger partial charge in [-0.1, -0.05) is 5.10 Å². The molecule has 4 N–H and O–H groups in total. The van der Waals surface area contributed by atoms with Crippen LogP contribution in [0.1, 0.15) is 0 Å². The average Bonchev–Trinajstić information content (AvgIpc) is 2.48. The van der Waals surface area contributed by atoms with Gasteiger partial charge in [-0.2, -0.15) is 5.21 Å². The summed E-state index contributed by atoms with van der Waals surface area (Å²) in [7, 11) is -9.89. The molecule has 0 aliphatic heterocycles. The maximum atomic E-state index is 8.49. The molecule has 0 aliphatic carbocycles. The first-order valence-corrected chi connectivity index (χ1v) is 5.34. The molecule has 14 nitrogen and oxygen atoms in total. The minimum atomic E-state index is -4.94. The van der Waals surface area contributed by atoms with Gasteiger partial charge in [0.1, 0.15) is 0 Å². The fourth-order valence-corrected chi connectivity index (χ4v) is 0.223. The molecule has 1 aromatic heterocycles. The molecule has 17 heteroatoms. The van der Waals surface area contributed by atoms with Crippen molar-refractivity contribution < 1.29 is 85.4 Å². The van der Waals surface area contributed by atoms with Gasteiger partial charge < -0.3 is 0 Å². The molecule has 18 heavy (non-hydrogen) atoms. The van der Waals surface area contributed by atoms with Crippen LogP contribution in [0.3, 0.4) is 0 Å². The minimum Gasteiger partial charge on any atom is -0.290 e. The van der Waals surface area contributed by atoms with Gasteiger partial charge in [0.15, 0.2) is 0 Å². The Kier molecular flexibility index (Phi) is 14.0. The Bertz CT molecular complexity index is 248. The number of aromatic nitrogens is 4. The first-order valence-electron chi connectivity index (χ1n) is 2.87. The Hall–Kier alpha value is 0.0251.